The van der Waals surface area contributed by atoms with Crippen LogP contribution in [0.5, 0.6) is 0 Å². The third kappa shape index (κ3) is 3.79. The Morgan fingerprint density at radius 3 is 2.84 bits per heavy atom. The Morgan fingerprint density at radius 2 is 2.21 bits per heavy atom. The lowest BCUT2D eigenvalue weighted by molar-refractivity contribution is 0.0984. The summed E-state index contributed by atoms with van der Waals surface area (Å²) < 4.78 is 0. The van der Waals surface area contributed by atoms with Gasteiger partial charge in [0.25, 0.3) is 0 Å². The molecule has 2 unspecified atom stereocenters. The van der Waals surface area contributed by atoms with Gasteiger partial charge < -0.3 is 5.32 Å². The van der Waals surface area contributed by atoms with Gasteiger partial charge in [-0.3, -0.25) is 4.98 Å². The van der Waals surface area contributed by atoms with Crippen LogP contribution in [0.4, 0.5) is 0 Å². The van der Waals surface area contributed by atoms with E-state index in [1.54, 1.807) is 0 Å². The molecule has 1 fully saturated rings. The van der Waals surface area contributed by atoms with Crippen LogP contribution in [0.2, 0.25) is 0 Å². The highest BCUT2D eigenvalue weighted by atomic mass is 14.9. The zero-order chi connectivity index (χ0) is 13.7. The van der Waals surface area contributed by atoms with Crippen molar-refractivity contribution >= 4 is 0 Å². The summed E-state index contributed by atoms with van der Waals surface area (Å²) in [6.45, 7) is 8.14. The molecule has 1 heterocycles. The van der Waals surface area contributed by atoms with E-state index < -0.39 is 0 Å². The fraction of sp³-hybridized carbons (Fsp3) is 0.706. The van der Waals surface area contributed by atoms with Crippen LogP contribution in [0.25, 0.3) is 0 Å². The highest BCUT2D eigenvalue weighted by Gasteiger charge is 2.37. The van der Waals surface area contributed by atoms with Crippen molar-refractivity contribution in [2.75, 3.05) is 6.54 Å². The topological polar surface area (TPSA) is 24.9 Å². The maximum Gasteiger partial charge on any atom is 0.0419 e. The van der Waals surface area contributed by atoms with E-state index in [2.05, 4.69) is 43.2 Å². The maximum atomic E-state index is 4.50. The van der Waals surface area contributed by atoms with E-state index in [0.717, 1.165) is 18.9 Å². The highest BCUT2D eigenvalue weighted by Crippen LogP contribution is 2.42. The van der Waals surface area contributed by atoms with E-state index in [0.29, 0.717) is 11.5 Å². The minimum absolute atomic E-state index is 0.458. The van der Waals surface area contributed by atoms with Gasteiger partial charge in [-0.15, -0.1) is 0 Å². The van der Waals surface area contributed by atoms with E-state index in [1.165, 1.54) is 31.4 Å². The molecule has 1 aromatic rings. The van der Waals surface area contributed by atoms with Crippen LogP contribution in [0.15, 0.2) is 24.4 Å². The van der Waals surface area contributed by atoms with Gasteiger partial charge in [-0.25, -0.2) is 0 Å². The average Bonchev–Trinajstić information content (AvgIpc) is 2.39. The predicted octanol–water partition coefficient (Wildman–Crippen LogP) is 3.82. The maximum absolute atomic E-state index is 4.50. The molecule has 0 aliphatic heterocycles. The number of nitrogens with zero attached hydrogens (tertiary/aromatic N) is 1. The summed E-state index contributed by atoms with van der Waals surface area (Å²) >= 11 is 0. The summed E-state index contributed by atoms with van der Waals surface area (Å²) in [7, 11) is 0. The Hall–Kier alpha value is -0.890. The molecule has 0 saturated heterocycles. The lowest BCUT2D eigenvalue weighted by Crippen LogP contribution is -2.46. The van der Waals surface area contributed by atoms with Gasteiger partial charge in [0.15, 0.2) is 0 Å². The van der Waals surface area contributed by atoms with Crippen molar-refractivity contribution in [3.8, 4) is 0 Å². The molecule has 0 aromatic carbocycles. The first-order valence-corrected chi connectivity index (χ1v) is 7.77. The molecule has 2 heteroatoms. The van der Waals surface area contributed by atoms with Gasteiger partial charge in [0, 0.05) is 24.4 Å². The molecule has 0 bridgehead atoms. The Bertz CT molecular complexity index is 372. The number of hydrogen-bond acceptors (Lipinski definition) is 2. The van der Waals surface area contributed by atoms with E-state index >= 15 is 0 Å². The summed E-state index contributed by atoms with van der Waals surface area (Å²) in [5.74, 6) is 0.767. The molecular weight excluding hydrogens is 232 g/mol. The zero-order valence-electron chi connectivity index (χ0n) is 12.7. The van der Waals surface area contributed by atoms with Crippen LogP contribution in [-0.2, 0) is 6.42 Å². The monoisotopic (exact) mass is 260 g/mol. The molecule has 2 rings (SSSR count). The molecule has 0 spiro atoms. The van der Waals surface area contributed by atoms with Crippen LogP contribution in [0.1, 0.15) is 52.1 Å². The average molecular weight is 260 g/mol. The molecule has 1 saturated carbocycles. The Kier molecular flexibility index (Phi) is 4.98. The normalized spacial score (nSPS) is 24.1. The number of nitrogens with one attached hydrogen (secondary N) is 1. The molecule has 106 valence electrons. The number of rotatable bonds is 5. The standard InChI is InChI=1S/C17H28N2/c1-4-18-16(13-14-9-6-8-12-19-14)15-10-5-7-11-17(15,2)3/h6,8-9,12,15-16,18H,4-5,7,10-11,13H2,1-3H3. The molecule has 2 nitrogen and oxygen atoms in total. The minimum atomic E-state index is 0.458. The molecular formula is C17H28N2. The Labute approximate surface area is 118 Å². The first-order valence-electron chi connectivity index (χ1n) is 7.77. The molecule has 1 aliphatic carbocycles. The largest absolute Gasteiger partial charge is 0.314 e. The lowest BCUT2D eigenvalue weighted by Gasteiger charge is -2.43. The molecule has 1 N–H and O–H groups in total. The molecule has 2 atom stereocenters. The van der Waals surface area contributed by atoms with Crippen molar-refractivity contribution in [1.29, 1.82) is 0 Å². The van der Waals surface area contributed by atoms with Crippen molar-refractivity contribution in [1.82, 2.24) is 10.3 Å². The van der Waals surface area contributed by atoms with Gasteiger partial charge in [0.05, 0.1) is 0 Å². The SMILES string of the molecule is CCNC(Cc1ccccn1)C1CCCCC1(C)C. The molecule has 0 amide bonds. The van der Waals surface area contributed by atoms with Gasteiger partial charge >= 0.3 is 0 Å². The van der Waals surface area contributed by atoms with E-state index in [9.17, 15) is 0 Å². The third-order valence-electron chi connectivity index (χ3n) is 4.70. The zero-order valence-corrected chi connectivity index (χ0v) is 12.7. The summed E-state index contributed by atoms with van der Waals surface area (Å²) in [6, 6.07) is 6.81. The number of hydrogen-bond donors (Lipinski definition) is 1. The smallest absolute Gasteiger partial charge is 0.0419 e. The van der Waals surface area contributed by atoms with Gasteiger partial charge in [0.2, 0.25) is 0 Å². The minimum Gasteiger partial charge on any atom is -0.314 e. The van der Waals surface area contributed by atoms with Gasteiger partial charge in [-0.1, -0.05) is 39.7 Å². The van der Waals surface area contributed by atoms with Gasteiger partial charge in [-0.2, -0.15) is 0 Å². The second kappa shape index (κ2) is 6.51. The quantitative estimate of drug-likeness (QED) is 0.870. The second-order valence-corrected chi connectivity index (χ2v) is 6.53. The predicted molar refractivity (Wildman–Crippen MR) is 81.1 cm³/mol. The van der Waals surface area contributed by atoms with Crippen LogP contribution in [-0.4, -0.2) is 17.6 Å². The molecule has 1 aliphatic rings. The van der Waals surface area contributed by atoms with Crippen molar-refractivity contribution < 1.29 is 0 Å². The van der Waals surface area contributed by atoms with E-state index in [-0.39, 0.29) is 0 Å². The number of likely N-dealkylation sites (N-methyl/N-ethyl adjacent to an activating group) is 1. The Morgan fingerprint density at radius 1 is 1.37 bits per heavy atom. The van der Waals surface area contributed by atoms with Crippen LogP contribution in [0, 0.1) is 11.3 Å². The number of pyridine rings is 1. The van der Waals surface area contributed by atoms with E-state index in [1.807, 2.05) is 12.3 Å². The molecule has 0 radical (unpaired) electrons. The molecule has 19 heavy (non-hydrogen) atoms. The van der Waals surface area contributed by atoms with Gasteiger partial charge in [-0.05, 0) is 42.9 Å². The number of aromatic nitrogens is 1. The first kappa shape index (κ1) is 14.5. The van der Waals surface area contributed by atoms with E-state index in [4.69, 9.17) is 0 Å². The van der Waals surface area contributed by atoms with Crippen molar-refractivity contribution in [3.05, 3.63) is 30.1 Å². The summed E-state index contributed by atoms with van der Waals surface area (Å²) in [5.41, 5.74) is 1.68. The lowest BCUT2D eigenvalue weighted by atomic mass is 9.65. The van der Waals surface area contributed by atoms with Crippen LogP contribution < -0.4 is 5.32 Å². The van der Waals surface area contributed by atoms with Gasteiger partial charge in [0.1, 0.15) is 0 Å². The highest BCUT2D eigenvalue weighted by molar-refractivity contribution is 5.07. The summed E-state index contributed by atoms with van der Waals surface area (Å²) in [4.78, 5) is 4.50. The molecule has 1 aromatic heterocycles. The first-order chi connectivity index (χ1) is 9.13. The summed E-state index contributed by atoms with van der Waals surface area (Å²) in [5, 5.41) is 3.72. The van der Waals surface area contributed by atoms with Crippen LogP contribution >= 0.6 is 0 Å². The Balaban J connectivity index is 2.10. The second-order valence-electron chi connectivity index (χ2n) is 6.53. The van der Waals surface area contributed by atoms with Crippen molar-refractivity contribution in [2.45, 2.75) is 58.9 Å². The van der Waals surface area contributed by atoms with Crippen molar-refractivity contribution in [2.24, 2.45) is 11.3 Å². The fourth-order valence-corrected chi connectivity index (χ4v) is 3.63. The third-order valence-corrected chi connectivity index (χ3v) is 4.70. The van der Waals surface area contributed by atoms with Crippen LogP contribution in [0.3, 0.4) is 0 Å². The summed E-state index contributed by atoms with van der Waals surface area (Å²) in [6.07, 6.45) is 8.47. The van der Waals surface area contributed by atoms with Crippen molar-refractivity contribution in [3.63, 3.8) is 0 Å². The fourth-order valence-electron chi connectivity index (χ4n) is 3.63.